The Kier molecular flexibility index (Phi) is 3.78. The lowest BCUT2D eigenvalue weighted by Gasteiger charge is -2.12. The minimum absolute atomic E-state index is 0.0375. The van der Waals surface area contributed by atoms with E-state index in [0.717, 1.165) is 16.6 Å². The molecule has 1 amide bonds. The van der Waals surface area contributed by atoms with Gasteiger partial charge >= 0.3 is 0 Å². The van der Waals surface area contributed by atoms with Gasteiger partial charge in [-0.1, -0.05) is 18.2 Å². The Morgan fingerprint density at radius 1 is 1.36 bits per heavy atom. The summed E-state index contributed by atoms with van der Waals surface area (Å²) in [5, 5.41) is 5.07. The van der Waals surface area contributed by atoms with E-state index in [4.69, 9.17) is 0 Å². The average Bonchev–Trinajstić information content (AvgIpc) is 2.95. The van der Waals surface area contributed by atoms with E-state index in [1.165, 1.54) is 11.5 Å². The molecule has 1 aliphatic rings. The summed E-state index contributed by atoms with van der Waals surface area (Å²) in [6.45, 7) is 2.60. The fourth-order valence-corrected chi connectivity index (χ4v) is 4.04. The summed E-state index contributed by atoms with van der Waals surface area (Å²) in [6, 6.07) is 9.75. The predicted octanol–water partition coefficient (Wildman–Crippen LogP) is 1.77. The van der Waals surface area contributed by atoms with Gasteiger partial charge in [0.1, 0.15) is 0 Å². The predicted molar refractivity (Wildman–Crippen MR) is 86.1 cm³/mol. The van der Waals surface area contributed by atoms with Gasteiger partial charge in [0.2, 0.25) is 5.91 Å². The van der Waals surface area contributed by atoms with Gasteiger partial charge in [0.05, 0.1) is 11.8 Å². The number of para-hydroxylation sites is 1. The van der Waals surface area contributed by atoms with Gasteiger partial charge in [-0.25, -0.2) is 8.42 Å². The molecule has 22 heavy (non-hydrogen) atoms. The summed E-state index contributed by atoms with van der Waals surface area (Å²) >= 11 is 0. The molecule has 3 rings (SSSR count). The molecule has 5 nitrogen and oxygen atoms in total. The summed E-state index contributed by atoms with van der Waals surface area (Å²) in [5.41, 5.74) is 2.22. The third kappa shape index (κ3) is 3.06. The van der Waals surface area contributed by atoms with Crippen LogP contribution in [0, 0.1) is 6.92 Å². The SMILES string of the molecule is Cc1cc2ccccc2n1CCC(=O)NC1C=CS(=O)(=O)C1. The summed E-state index contributed by atoms with van der Waals surface area (Å²) in [4.78, 5) is 12.0. The van der Waals surface area contributed by atoms with Gasteiger partial charge in [0.15, 0.2) is 9.84 Å². The summed E-state index contributed by atoms with van der Waals surface area (Å²) in [7, 11) is -3.14. The van der Waals surface area contributed by atoms with Crippen molar-refractivity contribution >= 4 is 26.6 Å². The first-order chi connectivity index (χ1) is 10.4. The molecule has 116 valence electrons. The number of hydrogen-bond donors (Lipinski definition) is 1. The zero-order valence-corrected chi connectivity index (χ0v) is 13.1. The number of sulfone groups is 1. The van der Waals surface area contributed by atoms with E-state index in [1.54, 1.807) is 0 Å². The Balaban J connectivity index is 1.63. The zero-order valence-electron chi connectivity index (χ0n) is 12.3. The second-order valence-corrected chi connectivity index (χ2v) is 7.51. The van der Waals surface area contributed by atoms with Crippen LogP contribution in [-0.4, -0.2) is 30.7 Å². The molecule has 0 bridgehead atoms. The molecule has 1 unspecified atom stereocenters. The van der Waals surface area contributed by atoms with Crippen LogP contribution >= 0.6 is 0 Å². The molecule has 0 fully saturated rings. The summed E-state index contributed by atoms with van der Waals surface area (Å²) < 4.78 is 24.7. The summed E-state index contributed by atoms with van der Waals surface area (Å²) in [6.07, 6.45) is 1.85. The molecule has 2 aromatic rings. The van der Waals surface area contributed by atoms with Crippen molar-refractivity contribution in [3.63, 3.8) is 0 Å². The fourth-order valence-electron chi connectivity index (χ4n) is 2.80. The highest BCUT2D eigenvalue weighted by Gasteiger charge is 2.22. The van der Waals surface area contributed by atoms with E-state index in [9.17, 15) is 13.2 Å². The third-order valence-corrected chi connectivity index (χ3v) is 5.25. The Bertz CT molecular complexity index is 849. The van der Waals surface area contributed by atoms with Crippen LogP contribution in [0.15, 0.2) is 41.8 Å². The van der Waals surface area contributed by atoms with E-state index in [1.807, 2.05) is 31.2 Å². The maximum absolute atomic E-state index is 12.0. The monoisotopic (exact) mass is 318 g/mol. The average molecular weight is 318 g/mol. The summed E-state index contributed by atoms with van der Waals surface area (Å²) in [5.74, 6) is -0.173. The standard InChI is InChI=1S/C16H18N2O3S/c1-12-10-13-4-2-3-5-15(13)18(12)8-6-16(19)17-14-7-9-22(20,21)11-14/h2-5,7,9-10,14H,6,8,11H2,1H3,(H,17,19). The van der Waals surface area contributed by atoms with Crippen molar-refractivity contribution < 1.29 is 13.2 Å². The lowest BCUT2D eigenvalue weighted by atomic mass is 10.2. The molecular weight excluding hydrogens is 300 g/mol. The maximum atomic E-state index is 12.0. The van der Waals surface area contributed by atoms with E-state index < -0.39 is 15.9 Å². The highest BCUT2D eigenvalue weighted by Crippen LogP contribution is 2.19. The number of amides is 1. The van der Waals surface area contributed by atoms with Crippen molar-refractivity contribution in [3.05, 3.63) is 47.5 Å². The lowest BCUT2D eigenvalue weighted by Crippen LogP contribution is -2.35. The Morgan fingerprint density at radius 2 is 2.14 bits per heavy atom. The van der Waals surface area contributed by atoms with Crippen molar-refractivity contribution in [1.82, 2.24) is 9.88 Å². The normalized spacial score (nSPS) is 19.6. The number of hydrogen-bond acceptors (Lipinski definition) is 3. The molecule has 1 atom stereocenters. The van der Waals surface area contributed by atoms with Gasteiger partial charge < -0.3 is 9.88 Å². The highest BCUT2D eigenvalue weighted by molar-refractivity contribution is 7.94. The number of benzene rings is 1. The van der Waals surface area contributed by atoms with E-state index in [-0.39, 0.29) is 11.7 Å². The zero-order chi connectivity index (χ0) is 15.7. The van der Waals surface area contributed by atoms with Gasteiger partial charge in [-0.15, -0.1) is 0 Å². The van der Waals surface area contributed by atoms with Gasteiger partial charge in [0.25, 0.3) is 0 Å². The highest BCUT2D eigenvalue weighted by atomic mass is 32.2. The largest absolute Gasteiger partial charge is 0.349 e. The first-order valence-electron chi connectivity index (χ1n) is 7.20. The van der Waals surface area contributed by atoms with E-state index >= 15 is 0 Å². The van der Waals surface area contributed by atoms with Crippen molar-refractivity contribution in [2.75, 3.05) is 5.75 Å². The minimum atomic E-state index is -3.14. The molecule has 0 saturated carbocycles. The van der Waals surface area contributed by atoms with Crippen LogP contribution in [0.3, 0.4) is 0 Å². The minimum Gasteiger partial charge on any atom is -0.349 e. The molecular formula is C16H18N2O3S. The first-order valence-corrected chi connectivity index (χ1v) is 8.91. The van der Waals surface area contributed by atoms with Gasteiger partial charge in [0, 0.05) is 29.6 Å². The number of aryl methyl sites for hydroxylation is 2. The van der Waals surface area contributed by atoms with E-state index in [0.29, 0.717) is 13.0 Å². The second kappa shape index (κ2) is 5.61. The van der Waals surface area contributed by atoms with Crippen LogP contribution in [0.1, 0.15) is 12.1 Å². The Labute approximate surface area is 129 Å². The molecule has 1 aromatic carbocycles. The van der Waals surface area contributed by atoms with Crippen LogP contribution in [-0.2, 0) is 21.2 Å². The number of carbonyl (C=O) groups excluding carboxylic acids is 1. The van der Waals surface area contributed by atoms with Crippen LogP contribution < -0.4 is 5.32 Å². The maximum Gasteiger partial charge on any atom is 0.222 e. The van der Waals surface area contributed by atoms with Crippen LogP contribution in [0.2, 0.25) is 0 Å². The first kappa shape index (κ1) is 14.8. The molecule has 1 aliphatic heterocycles. The van der Waals surface area contributed by atoms with Crippen LogP contribution in [0.25, 0.3) is 10.9 Å². The van der Waals surface area contributed by atoms with Gasteiger partial charge in [-0.05, 0) is 30.5 Å². The second-order valence-electron chi connectivity index (χ2n) is 5.58. The van der Waals surface area contributed by atoms with Gasteiger partial charge in [-0.2, -0.15) is 0 Å². The molecule has 2 heterocycles. The number of nitrogens with one attached hydrogen (secondary N) is 1. The molecule has 0 radical (unpaired) electrons. The van der Waals surface area contributed by atoms with Crippen molar-refractivity contribution in [3.8, 4) is 0 Å². The Hall–Kier alpha value is -2.08. The van der Waals surface area contributed by atoms with Crippen molar-refractivity contribution in [2.45, 2.75) is 25.9 Å². The number of nitrogens with zero attached hydrogens (tertiary/aromatic N) is 1. The van der Waals surface area contributed by atoms with Crippen LogP contribution in [0.5, 0.6) is 0 Å². The van der Waals surface area contributed by atoms with Gasteiger partial charge in [-0.3, -0.25) is 4.79 Å². The third-order valence-electron chi connectivity index (χ3n) is 3.86. The number of fused-ring (bicyclic) bond motifs is 1. The molecule has 1 N–H and O–H groups in total. The van der Waals surface area contributed by atoms with Crippen molar-refractivity contribution in [2.24, 2.45) is 0 Å². The topological polar surface area (TPSA) is 68.2 Å². The molecule has 0 aliphatic carbocycles. The number of aromatic nitrogens is 1. The number of carbonyl (C=O) groups is 1. The molecule has 1 aromatic heterocycles. The van der Waals surface area contributed by atoms with E-state index in [2.05, 4.69) is 16.0 Å². The Morgan fingerprint density at radius 3 is 2.86 bits per heavy atom. The van der Waals surface area contributed by atoms with Crippen LogP contribution in [0.4, 0.5) is 0 Å². The molecule has 0 spiro atoms. The molecule has 6 heteroatoms. The fraction of sp³-hybridized carbons (Fsp3) is 0.312. The van der Waals surface area contributed by atoms with Crippen molar-refractivity contribution in [1.29, 1.82) is 0 Å². The smallest absolute Gasteiger partial charge is 0.222 e. The number of rotatable bonds is 4. The lowest BCUT2D eigenvalue weighted by molar-refractivity contribution is -0.121. The molecule has 0 saturated heterocycles. The quantitative estimate of drug-likeness (QED) is 0.934.